The highest BCUT2D eigenvalue weighted by atomic mass is 19.3. The van der Waals surface area contributed by atoms with Crippen molar-refractivity contribution in [1.82, 2.24) is 0 Å². The van der Waals surface area contributed by atoms with Crippen molar-refractivity contribution in [2.75, 3.05) is 17.7 Å². The van der Waals surface area contributed by atoms with Gasteiger partial charge in [0, 0.05) is 18.7 Å². The van der Waals surface area contributed by atoms with Gasteiger partial charge in [0.2, 0.25) is 5.91 Å². The molecule has 0 heterocycles. The van der Waals surface area contributed by atoms with Gasteiger partial charge in [-0.05, 0) is 12.1 Å². The average Bonchev–Trinajstić information content (AvgIpc) is 2.39. The first kappa shape index (κ1) is 16.7. The smallest absolute Gasteiger partial charge is 0.383 e. The fourth-order valence-corrected chi connectivity index (χ4v) is 1.38. The van der Waals surface area contributed by atoms with Gasteiger partial charge in [-0.2, -0.15) is 8.78 Å². The molecule has 0 saturated heterocycles. The van der Waals surface area contributed by atoms with E-state index in [0.29, 0.717) is 0 Å². The molecule has 1 aromatic carbocycles. The predicted molar refractivity (Wildman–Crippen MR) is 66.9 cm³/mol. The molecule has 0 unspecified atom stereocenters. The Balaban J connectivity index is 2.96. The summed E-state index contributed by atoms with van der Waals surface area (Å²) in [4.78, 5) is 22.0. The van der Waals surface area contributed by atoms with Crippen LogP contribution >= 0.6 is 0 Å². The van der Waals surface area contributed by atoms with Gasteiger partial charge in [-0.1, -0.05) is 0 Å². The lowest BCUT2D eigenvalue weighted by Gasteiger charge is -2.16. The lowest BCUT2D eigenvalue weighted by Crippen LogP contribution is -2.40. The maximum Gasteiger partial charge on any atom is 0.383 e. The normalized spacial score (nSPS) is 11.2. The van der Waals surface area contributed by atoms with E-state index in [9.17, 15) is 27.2 Å². The Bertz CT molecular complexity index is 549. The van der Waals surface area contributed by atoms with Crippen LogP contribution in [-0.4, -0.2) is 31.3 Å². The Kier molecular flexibility index (Phi) is 5.12. The van der Waals surface area contributed by atoms with Crippen molar-refractivity contribution < 1.29 is 31.9 Å². The molecule has 0 saturated carbocycles. The number of benzene rings is 1. The Morgan fingerprint density at radius 2 is 1.86 bits per heavy atom. The van der Waals surface area contributed by atoms with E-state index in [2.05, 4.69) is 5.32 Å². The first-order chi connectivity index (χ1) is 9.68. The van der Waals surface area contributed by atoms with Gasteiger partial charge in [0.25, 0.3) is 0 Å². The van der Waals surface area contributed by atoms with E-state index in [1.807, 2.05) is 0 Å². The zero-order chi connectivity index (χ0) is 16.2. The van der Waals surface area contributed by atoms with Crippen LogP contribution in [0.25, 0.3) is 0 Å². The third-order valence-electron chi connectivity index (χ3n) is 2.35. The molecule has 0 radical (unpaired) electrons. The van der Waals surface area contributed by atoms with Gasteiger partial charge in [-0.15, -0.1) is 0 Å². The second-order valence-electron chi connectivity index (χ2n) is 3.97. The Hall–Kier alpha value is -2.32. The molecule has 21 heavy (non-hydrogen) atoms. The number of carbonyl (C=O) groups excluding carboxylic acids is 2. The molecule has 0 bridgehead atoms. The van der Waals surface area contributed by atoms with Crippen molar-refractivity contribution in [1.29, 1.82) is 0 Å². The molecule has 0 atom stereocenters. The Labute approximate surface area is 117 Å². The minimum Gasteiger partial charge on any atom is -0.494 e. The fourth-order valence-electron chi connectivity index (χ4n) is 1.38. The number of ether oxygens (including phenoxy) is 1. The number of amides is 2. The van der Waals surface area contributed by atoms with Crippen LogP contribution in [-0.2, 0) is 9.59 Å². The van der Waals surface area contributed by atoms with Crippen LogP contribution in [0.2, 0.25) is 0 Å². The quantitative estimate of drug-likeness (QED) is 0.821. The van der Waals surface area contributed by atoms with Gasteiger partial charge in [-0.25, -0.2) is 8.78 Å². The summed E-state index contributed by atoms with van der Waals surface area (Å²) in [5.74, 6) is -7.26. The molecule has 2 N–H and O–H groups in total. The number of hydrogen-bond acceptors (Lipinski definition) is 3. The van der Waals surface area contributed by atoms with Gasteiger partial charge in [0.05, 0.1) is 12.8 Å². The topological polar surface area (TPSA) is 67.4 Å². The third kappa shape index (κ3) is 4.07. The van der Waals surface area contributed by atoms with Crippen molar-refractivity contribution in [3.05, 3.63) is 18.2 Å². The largest absolute Gasteiger partial charge is 0.494 e. The van der Waals surface area contributed by atoms with Gasteiger partial charge < -0.3 is 15.4 Å². The number of nitrogens with one attached hydrogen (secondary N) is 2. The number of methoxy groups -OCH3 is 1. The average molecular weight is 308 g/mol. The lowest BCUT2D eigenvalue weighted by molar-refractivity contribution is -0.163. The molecule has 0 aliphatic heterocycles. The summed E-state index contributed by atoms with van der Waals surface area (Å²) in [6, 6.07) is 3.55. The SMILES string of the molecule is COc1cc(NC(=O)C(F)(F)C(F)F)ccc1NC(C)=O. The summed E-state index contributed by atoms with van der Waals surface area (Å²) in [7, 11) is 1.25. The van der Waals surface area contributed by atoms with E-state index < -0.39 is 24.2 Å². The van der Waals surface area contributed by atoms with E-state index >= 15 is 0 Å². The van der Waals surface area contributed by atoms with Gasteiger partial charge in [-0.3, -0.25) is 9.59 Å². The zero-order valence-electron chi connectivity index (χ0n) is 11.0. The van der Waals surface area contributed by atoms with Crippen molar-refractivity contribution >= 4 is 23.2 Å². The van der Waals surface area contributed by atoms with Crippen LogP contribution in [0.1, 0.15) is 6.92 Å². The van der Waals surface area contributed by atoms with E-state index in [1.54, 1.807) is 5.32 Å². The highest BCUT2D eigenvalue weighted by Crippen LogP contribution is 2.30. The highest BCUT2D eigenvalue weighted by Gasteiger charge is 2.48. The lowest BCUT2D eigenvalue weighted by atomic mass is 10.2. The van der Waals surface area contributed by atoms with E-state index in [0.717, 1.165) is 12.1 Å². The number of anilines is 2. The van der Waals surface area contributed by atoms with Gasteiger partial charge in [0.15, 0.2) is 0 Å². The molecular weight excluding hydrogens is 296 g/mol. The molecule has 9 heteroatoms. The van der Waals surface area contributed by atoms with Crippen molar-refractivity contribution in [3.8, 4) is 5.75 Å². The number of hydrogen-bond donors (Lipinski definition) is 2. The van der Waals surface area contributed by atoms with Crippen LogP contribution in [0.15, 0.2) is 18.2 Å². The summed E-state index contributed by atoms with van der Waals surface area (Å²) in [5.41, 5.74) is 0.0647. The summed E-state index contributed by atoms with van der Waals surface area (Å²) in [6.07, 6.45) is -4.11. The van der Waals surface area contributed by atoms with E-state index in [4.69, 9.17) is 4.74 Å². The first-order valence-electron chi connectivity index (χ1n) is 5.61. The van der Waals surface area contributed by atoms with Gasteiger partial charge >= 0.3 is 18.3 Å². The molecule has 0 aromatic heterocycles. The number of rotatable bonds is 5. The zero-order valence-corrected chi connectivity index (χ0v) is 11.0. The van der Waals surface area contributed by atoms with Crippen LogP contribution in [0.4, 0.5) is 28.9 Å². The first-order valence-corrected chi connectivity index (χ1v) is 5.61. The summed E-state index contributed by atoms with van der Waals surface area (Å²) >= 11 is 0. The standard InChI is InChI=1S/C12H12F4N2O3/c1-6(19)17-8-4-3-7(5-9(8)21-2)18-11(20)12(15,16)10(13)14/h3-5,10H,1-2H3,(H,17,19)(H,18,20). The summed E-state index contributed by atoms with van der Waals surface area (Å²) < 4.78 is 54.6. The van der Waals surface area contributed by atoms with Crippen molar-refractivity contribution in [2.45, 2.75) is 19.3 Å². The minimum atomic E-state index is -4.80. The van der Waals surface area contributed by atoms with Crippen LogP contribution < -0.4 is 15.4 Å². The van der Waals surface area contributed by atoms with Crippen LogP contribution in [0.5, 0.6) is 5.75 Å². The van der Waals surface area contributed by atoms with Gasteiger partial charge in [0.1, 0.15) is 5.75 Å². The molecule has 0 aliphatic carbocycles. The number of halogens is 4. The van der Waals surface area contributed by atoms with E-state index in [-0.39, 0.29) is 17.1 Å². The predicted octanol–water partition coefficient (Wildman–Crippen LogP) is 2.49. The minimum absolute atomic E-state index is 0.0726. The number of carbonyl (C=O) groups is 2. The maximum atomic E-state index is 12.8. The second kappa shape index (κ2) is 6.42. The highest BCUT2D eigenvalue weighted by molar-refractivity contribution is 5.97. The molecule has 5 nitrogen and oxygen atoms in total. The molecule has 116 valence electrons. The molecular formula is C12H12F4N2O3. The second-order valence-corrected chi connectivity index (χ2v) is 3.97. The maximum absolute atomic E-state index is 12.8. The molecule has 1 rings (SSSR count). The fraction of sp³-hybridized carbons (Fsp3) is 0.333. The van der Waals surface area contributed by atoms with Crippen molar-refractivity contribution in [2.24, 2.45) is 0 Å². The van der Waals surface area contributed by atoms with Crippen LogP contribution in [0.3, 0.4) is 0 Å². The molecule has 0 spiro atoms. The van der Waals surface area contributed by atoms with E-state index in [1.165, 1.54) is 20.1 Å². The Morgan fingerprint density at radius 3 is 2.33 bits per heavy atom. The third-order valence-corrected chi connectivity index (χ3v) is 2.35. The van der Waals surface area contributed by atoms with Crippen LogP contribution in [0, 0.1) is 0 Å². The number of alkyl halides is 4. The summed E-state index contributed by atoms with van der Waals surface area (Å²) in [5, 5.41) is 4.07. The Morgan fingerprint density at radius 1 is 1.24 bits per heavy atom. The molecule has 1 aromatic rings. The van der Waals surface area contributed by atoms with Crippen molar-refractivity contribution in [3.63, 3.8) is 0 Å². The summed E-state index contributed by atoms with van der Waals surface area (Å²) in [6.45, 7) is 1.25. The monoisotopic (exact) mass is 308 g/mol. The molecule has 2 amide bonds. The molecule has 0 aliphatic rings. The molecule has 0 fully saturated rings.